The molecular weight excluding hydrogens is 260 g/mol. The van der Waals surface area contributed by atoms with Crippen LogP contribution < -0.4 is 10.6 Å². The molecule has 2 aromatic carbocycles. The summed E-state index contributed by atoms with van der Waals surface area (Å²) in [6, 6.07) is 14.2. The lowest BCUT2D eigenvalue weighted by atomic mass is 9.95. The van der Waals surface area contributed by atoms with Gasteiger partial charge in [0.2, 0.25) is 5.91 Å². The molecule has 2 aromatic rings. The van der Waals surface area contributed by atoms with Gasteiger partial charge in [-0.25, -0.2) is 0 Å². The van der Waals surface area contributed by atoms with E-state index < -0.39 is 0 Å². The van der Waals surface area contributed by atoms with Crippen molar-refractivity contribution in [3.63, 3.8) is 0 Å². The zero-order valence-electron chi connectivity index (χ0n) is 12.4. The van der Waals surface area contributed by atoms with Gasteiger partial charge >= 0.3 is 0 Å². The normalized spacial score (nSPS) is 17.1. The molecule has 1 atom stereocenters. The van der Waals surface area contributed by atoms with Gasteiger partial charge in [-0.3, -0.25) is 4.79 Å². The lowest BCUT2D eigenvalue weighted by molar-refractivity contribution is -0.118. The number of benzene rings is 2. The largest absolute Gasteiger partial charge is 0.325 e. The van der Waals surface area contributed by atoms with Crippen molar-refractivity contribution in [1.29, 1.82) is 0 Å². The van der Waals surface area contributed by atoms with E-state index in [-0.39, 0.29) is 11.9 Å². The number of aryl methyl sites for hydroxylation is 2. The van der Waals surface area contributed by atoms with Crippen LogP contribution in [0.5, 0.6) is 0 Å². The number of hydrogen-bond donors (Lipinski definition) is 2. The van der Waals surface area contributed by atoms with Crippen LogP contribution in [0.25, 0.3) is 0 Å². The molecule has 0 spiro atoms. The van der Waals surface area contributed by atoms with Crippen molar-refractivity contribution in [1.82, 2.24) is 5.32 Å². The highest BCUT2D eigenvalue weighted by molar-refractivity contribution is 5.95. The van der Waals surface area contributed by atoms with Crippen molar-refractivity contribution in [3.05, 3.63) is 64.7 Å². The Morgan fingerprint density at radius 2 is 1.76 bits per heavy atom. The molecule has 0 aromatic heterocycles. The SMILES string of the molecule is Cc1cc(C)cc(NC(=O)[C@H]2Cc3ccccc3CN2)c1. The van der Waals surface area contributed by atoms with Crippen molar-refractivity contribution in [2.24, 2.45) is 0 Å². The van der Waals surface area contributed by atoms with Crippen LogP contribution >= 0.6 is 0 Å². The summed E-state index contributed by atoms with van der Waals surface area (Å²) in [7, 11) is 0. The quantitative estimate of drug-likeness (QED) is 0.888. The molecule has 0 unspecified atom stereocenters. The van der Waals surface area contributed by atoms with Gasteiger partial charge in [-0.05, 0) is 54.7 Å². The Morgan fingerprint density at radius 1 is 1.10 bits per heavy atom. The van der Waals surface area contributed by atoms with E-state index in [1.807, 2.05) is 38.1 Å². The van der Waals surface area contributed by atoms with Crippen LogP contribution in [-0.2, 0) is 17.8 Å². The summed E-state index contributed by atoms with van der Waals surface area (Å²) < 4.78 is 0. The van der Waals surface area contributed by atoms with E-state index >= 15 is 0 Å². The van der Waals surface area contributed by atoms with Crippen LogP contribution in [0, 0.1) is 13.8 Å². The lowest BCUT2D eigenvalue weighted by Crippen LogP contribution is -2.44. The molecule has 0 radical (unpaired) electrons. The summed E-state index contributed by atoms with van der Waals surface area (Å²) in [5, 5.41) is 6.34. The molecule has 108 valence electrons. The minimum absolute atomic E-state index is 0.0366. The zero-order valence-corrected chi connectivity index (χ0v) is 12.4. The maximum atomic E-state index is 12.4. The first kappa shape index (κ1) is 13.8. The number of fused-ring (bicyclic) bond motifs is 1. The fourth-order valence-electron chi connectivity index (χ4n) is 2.92. The number of carbonyl (C=O) groups excluding carboxylic acids is 1. The average Bonchev–Trinajstić information content (AvgIpc) is 2.45. The highest BCUT2D eigenvalue weighted by Crippen LogP contribution is 2.18. The van der Waals surface area contributed by atoms with E-state index in [0.29, 0.717) is 0 Å². The topological polar surface area (TPSA) is 41.1 Å². The fraction of sp³-hybridized carbons (Fsp3) is 0.278. The molecule has 21 heavy (non-hydrogen) atoms. The number of rotatable bonds is 2. The number of amides is 1. The standard InChI is InChI=1S/C18H20N2O/c1-12-7-13(2)9-16(8-12)20-18(21)17-10-14-5-3-4-6-15(14)11-19-17/h3-9,17,19H,10-11H2,1-2H3,(H,20,21)/t17-/m1/s1. The number of anilines is 1. The molecule has 1 aliphatic heterocycles. The van der Waals surface area contributed by atoms with E-state index in [0.717, 1.165) is 29.8 Å². The molecule has 0 fully saturated rings. The second-order valence-electron chi connectivity index (χ2n) is 5.77. The van der Waals surface area contributed by atoms with E-state index in [1.54, 1.807) is 0 Å². The van der Waals surface area contributed by atoms with E-state index in [9.17, 15) is 4.79 Å². The fourth-order valence-corrected chi connectivity index (χ4v) is 2.92. The first-order chi connectivity index (χ1) is 10.1. The molecule has 0 saturated heterocycles. The summed E-state index contributed by atoms with van der Waals surface area (Å²) in [5.74, 6) is 0.0366. The third kappa shape index (κ3) is 3.14. The molecule has 3 nitrogen and oxygen atoms in total. The molecule has 0 aliphatic carbocycles. The minimum atomic E-state index is -0.166. The Morgan fingerprint density at radius 3 is 2.48 bits per heavy atom. The van der Waals surface area contributed by atoms with Gasteiger partial charge in [-0.1, -0.05) is 30.3 Å². The van der Waals surface area contributed by atoms with Gasteiger partial charge in [0, 0.05) is 12.2 Å². The number of carbonyl (C=O) groups is 1. The van der Waals surface area contributed by atoms with Crippen LogP contribution in [0.4, 0.5) is 5.69 Å². The van der Waals surface area contributed by atoms with Gasteiger partial charge in [0.05, 0.1) is 6.04 Å². The van der Waals surface area contributed by atoms with Crippen molar-refractivity contribution in [2.45, 2.75) is 32.9 Å². The summed E-state index contributed by atoms with van der Waals surface area (Å²) in [4.78, 5) is 12.4. The molecule has 3 heteroatoms. The smallest absolute Gasteiger partial charge is 0.241 e. The van der Waals surface area contributed by atoms with Gasteiger partial charge in [0.25, 0.3) is 0 Å². The average molecular weight is 280 g/mol. The number of hydrogen-bond acceptors (Lipinski definition) is 2. The van der Waals surface area contributed by atoms with Gasteiger partial charge in [0.1, 0.15) is 0 Å². The van der Waals surface area contributed by atoms with E-state index in [4.69, 9.17) is 0 Å². The second-order valence-corrected chi connectivity index (χ2v) is 5.77. The minimum Gasteiger partial charge on any atom is -0.325 e. The van der Waals surface area contributed by atoms with Gasteiger partial charge in [-0.2, -0.15) is 0 Å². The maximum Gasteiger partial charge on any atom is 0.241 e. The third-order valence-corrected chi connectivity index (χ3v) is 3.89. The highest BCUT2D eigenvalue weighted by atomic mass is 16.2. The highest BCUT2D eigenvalue weighted by Gasteiger charge is 2.23. The predicted molar refractivity (Wildman–Crippen MR) is 85.3 cm³/mol. The molecule has 1 amide bonds. The lowest BCUT2D eigenvalue weighted by Gasteiger charge is -2.25. The third-order valence-electron chi connectivity index (χ3n) is 3.89. The molecule has 0 bridgehead atoms. The Kier molecular flexibility index (Phi) is 3.76. The van der Waals surface area contributed by atoms with Gasteiger partial charge in [-0.15, -0.1) is 0 Å². The van der Waals surface area contributed by atoms with Crippen LogP contribution in [-0.4, -0.2) is 11.9 Å². The Hall–Kier alpha value is -2.13. The first-order valence-corrected chi connectivity index (χ1v) is 7.31. The Labute approximate surface area is 125 Å². The summed E-state index contributed by atoms with van der Waals surface area (Å²) in [6.45, 7) is 4.83. The Bertz CT molecular complexity index is 658. The predicted octanol–water partition coefficient (Wildman–Crippen LogP) is 2.96. The van der Waals surface area contributed by atoms with Crippen LogP contribution in [0.2, 0.25) is 0 Å². The molecule has 1 heterocycles. The zero-order chi connectivity index (χ0) is 14.8. The van der Waals surface area contributed by atoms with Gasteiger partial charge in [0.15, 0.2) is 0 Å². The van der Waals surface area contributed by atoms with Crippen LogP contribution in [0.3, 0.4) is 0 Å². The molecule has 1 aliphatic rings. The van der Waals surface area contributed by atoms with Crippen molar-refractivity contribution >= 4 is 11.6 Å². The van der Waals surface area contributed by atoms with Crippen molar-refractivity contribution in [3.8, 4) is 0 Å². The molecular formula is C18H20N2O. The first-order valence-electron chi connectivity index (χ1n) is 7.31. The second kappa shape index (κ2) is 5.70. The molecule has 2 N–H and O–H groups in total. The van der Waals surface area contributed by atoms with E-state index in [1.165, 1.54) is 11.1 Å². The Balaban J connectivity index is 1.72. The summed E-state index contributed by atoms with van der Waals surface area (Å²) in [5.41, 5.74) is 5.74. The van der Waals surface area contributed by atoms with Crippen molar-refractivity contribution in [2.75, 3.05) is 5.32 Å². The van der Waals surface area contributed by atoms with Crippen LogP contribution in [0.1, 0.15) is 22.3 Å². The summed E-state index contributed by atoms with van der Waals surface area (Å²) >= 11 is 0. The van der Waals surface area contributed by atoms with Crippen molar-refractivity contribution < 1.29 is 4.79 Å². The van der Waals surface area contributed by atoms with Gasteiger partial charge < -0.3 is 10.6 Å². The van der Waals surface area contributed by atoms with E-state index in [2.05, 4.69) is 28.8 Å². The monoisotopic (exact) mass is 280 g/mol. The summed E-state index contributed by atoms with van der Waals surface area (Å²) in [6.07, 6.45) is 0.743. The maximum absolute atomic E-state index is 12.4. The molecule has 3 rings (SSSR count). The van der Waals surface area contributed by atoms with Crippen LogP contribution in [0.15, 0.2) is 42.5 Å². The number of nitrogens with one attached hydrogen (secondary N) is 2. The molecule has 0 saturated carbocycles.